The van der Waals surface area contributed by atoms with Crippen LogP contribution in [0.5, 0.6) is 0 Å². The van der Waals surface area contributed by atoms with Gasteiger partial charge in [-0.3, -0.25) is 10.1 Å². The van der Waals surface area contributed by atoms with Gasteiger partial charge < -0.3 is 10.6 Å². The van der Waals surface area contributed by atoms with Crippen LogP contribution in [-0.4, -0.2) is 50.3 Å². The number of carbonyl (C=O) groups excluding carboxylic acids is 2. The van der Waals surface area contributed by atoms with Crippen LogP contribution in [0.1, 0.15) is 33.1 Å². The van der Waals surface area contributed by atoms with Crippen LogP contribution < -0.4 is 16.0 Å². The number of nitrogens with zero attached hydrogens (tertiary/aromatic N) is 1. The van der Waals surface area contributed by atoms with Gasteiger partial charge in [0.15, 0.2) is 0 Å². The summed E-state index contributed by atoms with van der Waals surface area (Å²) < 4.78 is 26.9. The predicted octanol–water partition coefficient (Wildman–Crippen LogP) is 1.51. The van der Waals surface area contributed by atoms with Gasteiger partial charge >= 0.3 is 6.03 Å². The maximum Gasteiger partial charge on any atom is 0.321 e. The Balaban J connectivity index is 1.96. The number of urea groups is 1. The number of hydrogen-bond acceptors (Lipinski definition) is 5. The quantitative estimate of drug-likeness (QED) is 0.691. The summed E-state index contributed by atoms with van der Waals surface area (Å²) in [6, 6.07) is 5.72. The molecule has 1 aliphatic rings. The first-order chi connectivity index (χ1) is 12.3. The molecule has 1 fully saturated rings. The molecule has 2 rings (SSSR count). The van der Waals surface area contributed by atoms with Crippen molar-refractivity contribution >= 4 is 27.6 Å². The molecule has 144 valence electrons. The van der Waals surface area contributed by atoms with Gasteiger partial charge in [0.05, 0.1) is 11.4 Å². The number of piperidine rings is 1. The molecule has 0 spiro atoms. The molecule has 1 aromatic rings. The summed E-state index contributed by atoms with van der Waals surface area (Å²) in [5, 5.41) is 7.60. The summed E-state index contributed by atoms with van der Waals surface area (Å²) in [6.07, 6.45) is 2.79. The first-order valence-electron chi connectivity index (χ1n) is 8.73. The molecule has 3 amide bonds. The van der Waals surface area contributed by atoms with Crippen LogP contribution in [0.3, 0.4) is 0 Å². The molecule has 3 N–H and O–H groups in total. The molecular weight excluding hydrogens is 356 g/mol. The van der Waals surface area contributed by atoms with E-state index in [4.69, 9.17) is 0 Å². The van der Waals surface area contributed by atoms with E-state index in [1.165, 1.54) is 10.4 Å². The molecule has 1 heterocycles. The summed E-state index contributed by atoms with van der Waals surface area (Å²) in [4.78, 5) is 23.5. The predicted molar refractivity (Wildman–Crippen MR) is 99.4 cm³/mol. The van der Waals surface area contributed by atoms with Gasteiger partial charge in [0.25, 0.3) is 0 Å². The fourth-order valence-corrected chi connectivity index (χ4v) is 4.24. The monoisotopic (exact) mass is 382 g/mol. The molecule has 0 saturated carbocycles. The van der Waals surface area contributed by atoms with Gasteiger partial charge in [-0.05, 0) is 44.9 Å². The van der Waals surface area contributed by atoms with E-state index >= 15 is 0 Å². The number of sulfonamides is 1. The van der Waals surface area contributed by atoms with E-state index in [2.05, 4.69) is 16.0 Å². The molecule has 0 aliphatic carbocycles. The molecule has 1 aliphatic heterocycles. The number of rotatable bonds is 6. The summed E-state index contributed by atoms with van der Waals surface area (Å²) >= 11 is 0. The van der Waals surface area contributed by atoms with Crippen molar-refractivity contribution in [2.75, 3.05) is 25.0 Å². The Morgan fingerprint density at radius 1 is 1.15 bits per heavy atom. The SMILES string of the molecule is CC(C)NC(=O)NC(=O)CNc1cccc(S(=O)(=O)N2CCCCC2)c1. The minimum atomic E-state index is -3.53. The van der Waals surface area contributed by atoms with Crippen LogP contribution in [0.4, 0.5) is 10.5 Å². The molecule has 1 aromatic carbocycles. The van der Waals surface area contributed by atoms with E-state index in [0.717, 1.165) is 19.3 Å². The van der Waals surface area contributed by atoms with Crippen LogP contribution in [0, 0.1) is 0 Å². The zero-order valence-corrected chi connectivity index (χ0v) is 15.9. The van der Waals surface area contributed by atoms with Crippen LogP contribution in [-0.2, 0) is 14.8 Å². The van der Waals surface area contributed by atoms with Crippen molar-refractivity contribution in [3.05, 3.63) is 24.3 Å². The molecule has 0 bridgehead atoms. The summed E-state index contributed by atoms with van der Waals surface area (Å²) in [5.41, 5.74) is 0.502. The minimum Gasteiger partial charge on any atom is -0.376 e. The third kappa shape index (κ3) is 5.70. The van der Waals surface area contributed by atoms with Crippen molar-refractivity contribution in [3.63, 3.8) is 0 Å². The number of hydrogen-bond donors (Lipinski definition) is 3. The average molecular weight is 382 g/mol. The average Bonchev–Trinajstić information content (AvgIpc) is 2.60. The highest BCUT2D eigenvalue weighted by Gasteiger charge is 2.26. The van der Waals surface area contributed by atoms with Crippen molar-refractivity contribution in [3.8, 4) is 0 Å². The molecule has 0 radical (unpaired) electrons. The lowest BCUT2D eigenvalue weighted by atomic mass is 10.2. The summed E-state index contributed by atoms with van der Waals surface area (Å²) in [7, 11) is -3.53. The second kappa shape index (κ2) is 9.00. The van der Waals surface area contributed by atoms with E-state index in [1.807, 2.05) is 0 Å². The molecule has 0 atom stereocenters. The fraction of sp³-hybridized carbons (Fsp3) is 0.529. The Bertz CT molecular complexity index is 743. The van der Waals surface area contributed by atoms with Gasteiger partial charge in [0.1, 0.15) is 0 Å². The summed E-state index contributed by atoms with van der Waals surface area (Å²) in [6.45, 7) is 4.51. The highest BCUT2D eigenvalue weighted by Crippen LogP contribution is 2.22. The Morgan fingerprint density at radius 2 is 1.85 bits per heavy atom. The van der Waals surface area contributed by atoms with Crippen molar-refractivity contribution in [2.45, 2.75) is 44.0 Å². The third-order valence-electron chi connectivity index (χ3n) is 3.91. The minimum absolute atomic E-state index is 0.0764. The van der Waals surface area contributed by atoms with E-state index < -0.39 is 22.0 Å². The summed E-state index contributed by atoms with van der Waals surface area (Å²) in [5.74, 6) is -0.507. The highest BCUT2D eigenvalue weighted by atomic mass is 32.2. The van der Waals surface area contributed by atoms with Crippen LogP contribution in [0.2, 0.25) is 0 Å². The Morgan fingerprint density at radius 3 is 2.50 bits per heavy atom. The van der Waals surface area contributed by atoms with Gasteiger partial charge in [-0.15, -0.1) is 0 Å². The van der Waals surface area contributed by atoms with E-state index in [0.29, 0.717) is 18.8 Å². The maximum absolute atomic E-state index is 12.7. The van der Waals surface area contributed by atoms with Gasteiger partial charge in [0, 0.05) is 24.8 Å². The Kier molecular flexibility index (Phi) is 6.98. The normalized spacial score (nSPS) is 15.5. The fourth-order valence-electron chi connectivity index (χ4n) is 2.67. The Labute approximate surface area is 154 Å². The first-order valence-corrected chi connectivity index (χ1v) is 10.2. The topological polar surface area (TPSA) is 108 Å². The lowest BCUT2D eigenvalue weighted by Gasteiger charge is -2.26. The van der Waals surface area contributed by atoms with Crippen LogP contribution in [0.25, 0.3) is 0 Å². The van der Waals surface area contributed by atoms with Crippen LogP contribution in [0.15, 0.2) is 29.2 Å². The number of anilines is 1. The smallest absolute Gasteiger partial charge is 0.321 e. The van der Waals surface area contributed by atoms with Crippen molar-refractivity contribution in [1.29, 1.82) is 0 Å². The molecule has 1 saturated heterocycles. The molecular formula is C17H26N4O4S. The first kappa shape index (κ1) is 20.2. The van der Waals surface area contributed by atoms with Crippen molar-refractivity contribution < 1.29 is 18.0 Å². The van der Waals surface area contributed by atoms with Crippen LogP contribution >= 0.6 is 0 Å². The van der Waals surface area contributed by atoms with E-state index in [9.17, 15) is 18.0 Å². The third-order valence-corrected chi connectivity index (χ3v) is 5.81. The van der Waals surface area contributed by atoms with Crippen molar-refractivity contribution in [1.82, 2.24) is 14.9 Å². The van der Waals surface area contributed by atoms with Gasteiger partial charge in [0.2, 0.25) is 15.9 Å². The van der Waals surface area contributed by atoms with Gasteiger partial charge in [-0.2, -0.15) is 4.31 Å². The van der Waals surface area contributed by atoms with E-state index in [-0.39, 0.29) is 17.5 Å². The maximum atomic E-state index is 12.7. The van der Waals surface area contributed by atoms with Crippen molar-refractivity contribution in [2.24, 2.45) is 0 Å². The number of amides is 3. The molecule has 9 heteroatoms. The lowest BCUT2D eigenvalue weighted by Crippen LogP contribution is -2.44. The molecule has 8 nitrogen and oxygen atoms in total. The second-order valence-electron chi connectivity index (χ2n) is 6.52. The zero-order chi connectivity index (χ0) is 19.2. The standard InChI is InChI=1S/C17H26N4O4S/c1-13(2)19-17(23)20-16(22)12-18-14-7-6-8-15(11-14)26(24,25)21-9-4-3-5-10-21/h6-8,11,13,18H,3-5,9-10,12H2,1-2H3,(H2,19,20,22,23). The molecule has 0 aromatic heterocycles. The van der Waals surface area contributed by atoms with Gasteiger partial charge in [-0.1, -0.05) is 12.5 Å². The largest absolute Gasteiger partial charge is 0.376 e. The second-order valence-corrected chi connectivity index (χ2v) is 8.46. The lowest BCUT2D eigenvalue weighted by molar-refractivity contribution is -0.118. The number of nitrogens with one attached hydrogen (secondary N) is 3. The molecule has 26 heavy (non-hydrogen) atoms. The Hall–Kier alpha value is -2.13. The highest BCUT2D eigenvalue weighted by molar-refractivity contribution is 7.89. The number of carbonyl (C=O) groups is 2. The molecule has 0 unspecified atom stereocenters. The van der Waals surface area contributed by atoms with E-state index in [1.54, 1.807) is 32.0 Å². The number of benzene rings is 1. The number of imide groups is 1. The zero-order valence-electron chi connectivity index (χ0n) is 15.1. The van der Waals surface area contributed by atoms with Gasteiger partial charge in [-0.25, -0.2) is 13.2 Å².